The Bertz CT molecular complexity index is 941. The van der Waals surface area contributed by atoms with E-state index in [4.69, 9.17) is 0 Å². The molecule has 1 atom stereocenters. The Hall–Kier alpha value is -3.40. The molecule has 0 saturated carbocycles. The Kier molecular flexibility index (Phi) is 5.36. The number of nitrogens with one attached hydrogen (secondary N) is 1. The Morgan fingerprint density at radius 2 is 1.78 bits per heavy atom. The molecule has 1 amide bonds. The van der Waals surface area contributed by atoms with Crippen molar-refractivity contribution in [1.82, 2.24) is 0 Å². The van der Waals surface area contributed by atoms with E-state index in [0.717, 1.165) is 6.42 Å². The number of carbonyl (C=O) groups is 2. The molecular formula is C23H21NO3. The van der Waals surface area contributed by atoms with Crippen molar-refractivity contribution in [3.8, 4) is 0 Å². The van der Waals surface area contributed by atoms with Crippen molar-refractivity contribution in [3.63, 3.8) is 0 Å². The van der Waals surface area contributed by atoms with E-state index in [1.165, 1.54) is 23.3 Å². The molecule has 1 aliphatic carbocycles. The van der Waals surface area contributed by atoms with E-state index in [-0.39, 0.29) is 22.6 Å². The van der Waals surface area contributed by atoms with Crippen molar-refractivity contribution in [2.45, 2.75) is 13.3 Å². The number of carboxylic acid groups (broad SMARTS) is 1. The number of allylic oxidation sites excluding steroid dienone is 5. The highest BCUT2D eigenvalue weighted by Crippen LogP contribution is 2.33. The normalized spacial score (nSPS) is 18.9. The van der Waals surface area contributed by atoms with Gasteiger partial charge in [0.2, 0.25) is 5.91 Å². The van der Waals surface area contributed by atoms with Crippen LogP contribution >= 0.6 is 0 Å². The first kappa shape index (κ1) is 18.4. The predicted molar refractivity (Wildman–Crippen MR) is 107 cm³/mol. The van der Waals surface area contributed by atoms with Crippen LogP contribution in [0.5, 0.6) is 0 Å². The summed E-state index contributed by atoms with van der Waals surface area (Å²) < 4.78 is 0. The van der Waals surface area contributed by atoms with E-state index in [1.807, 2.05) is 24.3 Å². The molecule has 0 aromatic heterocycles. The minimum atomic E-state index is -1.07. The van der Waals surface area contributed by atoms with Crippen LogP contribution in [0.1, 0.15) is 29.3 Å². The minimum absolute atomic E-state index is 0.0680. The third kappa shape index (κ3) is 4.61. The molecule has 0 spiro atoms. The number of aromatic carboxylic acids is 1. The van der Waals surface area contributed by atoms with Gasteiger partial charge in [0, 0.05) is 11.5 Å². The summed E-state index contributed by atoms with van der Waals surface area (Å²) in [6, 6.07) is 16.5. The van der Waals surface area contributed by atoms with Gasteiger partial charge in [0.05, 0.1) is 11.3 Å². The number of carboxylic acids is 1. The average molecular weight is 359 g/mol. The van der Waals surface area contributed by atoms with Gasteiger partial charge in [0.15, 0.2) is 0 Å². The van der Waals surface area contributed by atoms with E-state index < -0.39 is 5.97 Å². The molecule has 1 aliphatic rings. The summed E-state index contributed by atoms with van der Waals surface area (Å²) in [6.45, 7) is 2.05. The first-order valence-corrected chi connectivity index (χ1v) is 8.74. The Labute approximate surface area is 158 Å². The van der Waals surface area contributed by atoms with Gasteiger partial charge in [-0.05, 0) is 29.7 Å². The van der Waals surface area contributed by atoms with E-state index in [0.29, 0.717) is 0 Å². The number of para-hydroxylation sites is 1. The number of benzene rings is 2. The third-order valence-electron chi connectivity index (χ3n) is 4.54. The van der Waals surface area contributed by atoms with Crippen LogP contribution in [0.3, 0.4) is 0 Å². The molecule has 0 radical (unpaired) electrons. The van der Waals surface area contributed by atoms with E-state index in [2.05, 4.69) is 42.6 Å². The molecular weight excluding hydrogens is 338 g/mol. The molecule has 1 unspecified atom stereocenters. The minimum Gasteiger partial charge on any atom is -0.478 e. The molecule has 2 N–H and O–H groups in total. The first-order valence-electron chi connectivity index (χ1n) is 8.74. The number of rotatable bonds is 5. The lowest BCUT2D eigenvalue weighted by Crippen LogP contribution is -2.15. The molecule has 27 heavy (non-hydrogen) atoms. The molecule has 4 heteroatoms. The van der Waals surface area contributed by atoms with Gasteiger partial charge < -0.3 is 10.4 Å². The van der Waals surface area contributed by atoms with Crippen LogP contribution in [-0.2, 0) is 4.79 Å². The molecule has 2 aromatic carbocycles. The summed E-state index contributed by atoms with van der Waals surface area (Å²) in [4.78, 5) is 23.4. The van der Waals surface area contributed by atoms with Crippen molar-refractivity contribution >= 4 is 23.1 Å². The Morgan fingerprint density at radius 3 is 2.44 bits per heavy atom. The lowest BCUT2D eigenvalue weighted by molar-refractivity contribution is -0.111. The molecule has 0 fully saturated rings. The Morgan fingerprint density at radius 1 is 1.07 bits per heavy atom. The number of hydrogen-bond donors (Lipinski definition) is 2. The fourth-order valence-electron chi connectivity index (χ4n) is 2.93. The SMILES string of the molecule is CC1(/C=C/C(=O)Nc2ccccc2C(=O)O)C=CC(c2ccccc2)=CC1. The van der Waals surface area contributed by atoms with Gasteiger partial charge >= 0.3 is 5.97 Å². The summed E-state index contributed by atoms with van der Waals surface area (Å²) in [7, 11) is 0. The molecule has 4 nitrogen and oxygen atoms in total. The maximum atomic E-state index is 12.2. The Balaban J connectivity index is 1.66. The highest BCUT2D eigenvalue weighted by molar-refractivity contribution is 6.04. The predicted octanol–water partition coefficient (Wildman–Crippen LogP) is 4.93. The fraction of sp³-hybridized carbons (Fsp3) is 0.130. The summed E-state index contributed by atoms with van der Waals surface area (Å²) in [5.74, 6) is -1.42. The molecule has 3 rings (SSSR count). The zero-order valence-electron chi connectivity index (χ0n) is 15.1. The van der Waals surface area contributed by atoms with Crippen LogP contribution in [0.2, 0.25) is 0 Å². The van der Waals surface area contributed by atoms with Gasteiger partial charge in [-0.15, -0.1) is 0 Å². The fourth-order valence-corrected chi connectivity index (χ4v) is 2.93. The van der Waals surface area contributed by atoms with Gasteiger partial charge in [-0.2, -0.15) is 0 Å². The van der Waals surface area contributed by atoms with Gasteiger partial charge in [0.1, 0.15) is 0 Å². The average Bonchev–Trinajstić information content (AvgIpc) is 2.68. The standard InChI is InChI=1S/C23H21NO3/c1-23(14-11-18(12-15-23)17-7-3-2-4-8-17)16-13-21(25)24-20-10-6-5-9-19(20)22(26)27/h2-14,16H,15H2,1H3,(H,24,25)(H,26,27)/b16-13+. The number of hydrogen-bond acceptors (Lipinski definition) is 2. The zero-order chi connectivity index (χ0) is 19.3. The third-order valence-corrected chi connectivity index (χ3v) is 4.54. The van der Waals surface area contributed by atoms with Crippen molar-refractivity contribution in [2.24, 2.45) is 5.41 Å². The molecule has 136 valence electrons. The monoisotopic (exact) mass is 359 g/mol. The second kappa shape index (κ2) is 7.87. The quantitative estimate of drug-likeness (QED) is 0.744. The highest BCUT2D eigenvalue weighted by Gasteiger charge is 2.20. The van der Waals surface area contributed by atoms with Crippen molar-refractivity contribution in [1.29, 1.82) is 0 Å². The lowest BCUT2D eigenvalue weighted by Gasteiger charge is -2.24. The molecule has 2 aromatic rings. The molecule has 0 bridgehead atoms. The van der Waals surface area contributed by atoms with Crippen molar-refractivity contribution in [2.75, 3.05) is 5.32 Å². The van der Waals surface area contributed by atoms with Gasteiger partial charge in [-0.3, -0.25) is 4.79 Å². The van der Waals surface area contributed by atoms with Crippen molar-refractivity contribution in [3.05, 3.63) is 96.1 Å². The largest absolute Gasteiger partial charge is 0.478 e. The van der Waals surface area contributed by atoms with Crippen LogP contribution in [0.4, 0.5) is 5.69 Å². The topological polar surface area (TPSA) is 66.4 Å². The highest BCUT2D eigenvalue weighted by atomic mass is 16.4. The summed E-state index contributed by atoms with van der Waals surface area (Å²) in [5.41, 5.74) is 2.43. The number of anilines is 1. The van der Waals surface area contributed by atoms with Gasteiger partial charge in [0.25, 0.3) is 0 Å². The van der Waals surface area contributed by atoms with Crippen LogP contribution < -0.4 is 5.32 Å². The second-order valence-corrected chi connectivity index (χ2v) is 6.74. The number of carbonyl (C=O) groups excluding carboxylic acids is 1. The molecule has 0 heterocycles. The lowest BCUT2D eigenvalue weighted by atomic mass is 9.80. The van der Waals surface area contributed by atoms with Crippen LogP contribution in [0.25, 0.3) is 5.57 Å². The van der Waals surface area contributed by atoms with Gasteiger partial charge in [-0.1, -0.05) is 73.7 Å². The summed E-state index contributed by atoms with van der Waals surface area (Å²) in [5, 5.41) is 11.8. The maximum Gasteiger partial charge on any atom is 0.337 e. The summed E-state index contributed by atoms with van der Waals surface area (Å²) in [6.07, 6.45) is 10.4. The second-order valence-electron chi connectivity index (χ2n) is 6.74. The molecule has 0 saturated heterocycles. The maximum absolute atomic E-state index is 12.2. The van der Waals surface area contributed by atoms with Crippen LogP contribution in [-0.4, -0.2) is 17.0 Å². The van der Waals surface area contributed by atoms with Crippen LogP contribution in [0, 0.1) is 5.41 Å². The zero-order valence-corrected chi connectivity index (χ0v) is 15.1. The first-order chi connectivity index (χ1) is 13.0. The van der Waals surface area contributed by atoms with Gasteiger partial charge in [-0.25, -0.2) is 4.79 Å². The van der Waals surface area contributed by atoms with E-state index in [1.54, 1.807) is 18.2 Å². The van der Waals surface area contributed by atoms with E-state index >= 15 is 0 Å². The molecule has 0 aliphatic heterocycles. The smallest absolute Gasteiger partial charge is 0.337 e. The number of amides is 1. The van der Waals surface area contributed by atoms with E-state index in [9.17, 15) is 14.7 Å². The van der Waals surface area contributed by atoms with Crippen molar-refractivity contribution < 1.29 is 14.7 Å². The summed E-state index contributed by atoms with van der Waals surface area (Å²) >= 11 is 0. The van der Waals surface area contributed by atoms with Crippen LogP contribution in [0.15, 0.2) is 85.0 Å².